The maximum absolute atomic E-state index is 13.8. The van der Waals surface area contributed by atoms with E-state index in [4.69, 9.17) is 5.73 Å². The lowest BCUT2D eigenvalue weighted by molar-refractivity contribution is 0.128. The fourth-order valence-corrected chi connectivity index (χ4v) is 2.41. The molecule has 0 saturated carbocycles. The molecule has 3 nitrogen and oxygen atoms in total. The standard InChI is InChI=1S/C13H19FN2O.ClH/c1-13(2)7-6-10(16-13)12(17)8-4-3-5-9(15)11(8)14;/h3-5,10,12,16-17H,6-7,15H2,1-2H3;1H/t10?,12-;/m0./s1. The molecule has 0 aromatic heterocycles. The number of hydrogen-bond acceptors (Lipinski definition) is 3. The highest BCUT2D eigenvalue weighted by molar-refractivity contribution is 5.85. The zero-order valence-electron chi connectivity index (χ0n) is 10.6. The Bertz CT molecular complexity index is 425. The highest BCUT2D eigenvalue weighted by Gasteiger charge is 2.35. The first-order valence-corrected chi connectivity index (χ1v) is 5.90. The molecule has 1 aliphatic rings. The summed E-state index contributed by atoms with van der Waals surface area (Å²) >= 11 is 0. The van der Waals surface area contributed by atoms with E-state index in [1.807, 2.05) is 0 Å². The van der Waals surface area contributed by atoms with E-state index in [0.717, 1.165) is 12.8 Å². The minimum atomic E-state index is -0.847. The highest BCUT2D eigenvalue weighted by Crippen LogP contribution is 2.32. The van der Waals surface area contributed by atoms with Crippen LogP contribution in [-0.2, 0) is 0 Å². The third-order valence-corrected chi connectivity index (χ3v) is 3.41. The van der Waals surface area contributed by atoms with Crippen LogP contribution in [0.25, 0.3) is 0 Å². The Morgan fingerprint density at radius 2 is 2.17 bits per heavy atom. The van der Waals surface area contributed by atoms with Crippen molar-refractivity contribution in [1.82, 2.24) is 5.32 Å². The first-order chi connectivity index (χ1) is 7.91. The average molecular weight is 275 g/mol. The predicted molar refractivity (Wildman–Crippen MR) is 73.3 cm³/mol. The molecule has 1 aliphatic heterocycles. The second-order valence-corrected chi connectivity index (χ2v) is 5.37. The highest BCUT2D eigenvalue weighted by atomic mass is 35.5. The molecule has 1 fully saturated rings. The van der Waals surface area contributed by atoms with Crippen LogP contribution in [-0.4, -0.2) is 16.7 Å². The van der Waals surface area contributed by atoms with Crippen LogP contribution in [0.5, 0.6) is 0 Å². The number of rotatable bonds is 2. The fourth-order valence-electron chi connectivity index (χ4n) is 2.41. The van der Waals surface area contributed by atoms with Crippen molar-refractivity contribution in [2.75, 3.05) is 5.73 Å². The molecular weight excluding hydrogens is 255 g/mol. The maximum Gasteiger partial charge on any atom is 0.151 e. The number of aliphatic hydroxyl groups excluding tert-OH is 1. The second-order valence-electron chi connectivity index (χ2n) is 5.37. The summed E-state index contributed by atoms with van der Waals surface area (Å²) in [6.07, 6.45) is 0.960. The van der Waals surface area contributed by atoms with E-state index >= 15 is 0 Å². The number of hydrogen-bond donors (Lipinski definition) is 3. The summed E-state index contributed by atoms with van der Waals surface area (Å²) < 4.78 is 13.8. The molecule has 0 spiro atoms. The van der Waals surface area contributed by atoms with Crippen LogP contribution in [0, 0.1) is 5.82 Å². The fraction of sp³-hybridized carbons (Fsp3) is 0.538. The summed E-state index contributed by atoms with van der Waals surface area (Å²) in [4.78, 5) is 0. The van der Waals surface area contributed by atoms with Gasteiger partial charge in [0.1, 0.15) is 0 Å². The number of halogens is 2. The molecule has 1 saturated heterocycles. The molecule has 0 aliphatic carbocycles. The molecule has 0 radical (unpaired) electrons. The van der Waals surface area contributed by atoms with Crippen molar-refractivity contribution >= 4 is 18.1 Å². The van der Waals surface area contributed by atoms with Crippen molar-refractivity contribution in [3.63, 3.8) is 0 Å². The monoisotopic (exact) mass is 274 g/mol. The van der Waals surface area contributed by atoms with Crippen molar-refractivity contribution in [2.45, 2.75) is 44.4 Å². The van der Waals surface area contributed by atoms with Gasteiger partial charge in [-0.05, 0) is 32.8 Å². The van der Waals surface area contributed by atoms with E-state index in [0.29, 0.717) is 0 Å². The lowest BCUT2D eigenvalue weighted by atomic mass is 9.99. The Hall–Kier alpha value is -0.840. The SMILES string of the molecule is CC1(C)CCC([C@@H](O)c2cccc(N)c2F)N1.Cl. The van der Waals surface area contributed by atoms with Gasteiger partial charge in [0.25, 0.3) is 0 Å². The number of anilines is 1. The van der Waals surface area contributed by atoms with Crippen LogP contribution in [0.1, 0.15) is 38.4 Å². The predicted octanol–water partition coefficient (Wildman–Crippen LogP) is 2.39. The normalized spacial score (nSPS) is 23.4. The lowest BCUT2D eigenvalue weighted by Crippen LogP contribution is -2.40. The quantitative estimate of drug-likeness (QED) is 0.726. The van der Waals surface area contributed by atoms with Gasteiger partial charge in [0.2, 0.25) is 0 Å². The minimum Gasteiger partial charge on any atom is -0.396 e. The average Bonchev–Trinajstić information content (AvgIpc) is 2.62. The molecule has 18 heavy (non-hydrogen) atoms. The first-order valence-electron chi connectivity index (χ1n) is 5.90. The van der Waals surface area contributed by atoms with Crippen LogP contribution in [0.2, 0.25) is 0 Å². The first kappa shape index (κ1) is 15.2. The summed E-state index contributed by atoms with van der Waals surface area (Å²) in [5.74, 6) is -0.508. The Kier molecular flexibility index (Phi) is 4.59. The van der Waals surface area contributed by atoms with Gasteiger partial charge < -0.3 is 16.2 Å². The zero-order chi connectivity index (χ0) is 12.6. The van der Waals surface area contributed by atoms with Crippen molar-refractivity contribution in [3.8, 4) is 0 Å². The number of benzene rings is 1. The molecule has 0 bridgehead atoms. The number of nitrogens with two attached hydrogens (primary N) is 1. The van der Waals surface area contributed by atoms with Crippen molar-refractivity contribution in [1.29, 1.82) is 0 Å². The third-order valence-electron chi connectivity index (χ3n) is 3.41. The molecule has 1 heterocycles. The molecule has 1 unspecified atom stereocenters. The van der Waals surface area contributed by atoms with E-state index in [9.17, 15) is 9.50 Å². The van der Waals surface area contributed by atoms with Crippen LogP contribution in [0.15, 0.2) is 18.2 Å². The Labute approximate surface area is 113 Å². The molecule has 4 N–H and O–H groups in total. The van der Waals surface area contributed by atoms with Gasteiger partial charge in [-0.3, -0.25) is 0 Å². The summed E-state index contributed by atoms with van der Waals surface area (Å²) in [7, 11) is 0. The lowest BCUT2D eigenvalue weighted by Gasteiger charge is -2.24. The van der Waals surface area contributed by atoms with Gasteiger partial charge in [-0.1, -0.05) is 12.1 Å². The van der Waals surface area contributed by atoms with E-state index in [1.54, 1.807) is 12.1 Å². The van der Waals surface area contributed by atoms with Crippen LogP contribution < -0.4 is 11.1 Å². The minimum absolute atomic E-state index is 0. The molecule has 102 valence electrons. The van der Waals surface area contributed by atoms with Gasteiger partial charge in [-0.15, -0.1) is 12.4 Å². The van der Waals surface area contributed by atoms with Crippen LogP contribution in [0.3, 0.4) is 0 Å². The largest absolute Gasteiger partial charge is 0.396 e. The topological polar surface area (TPSA) is 58.3 Å². The van der Waals surface area contributed by atoms with Gasteiger partial charge in [0.15, 0.2) is 5.82 Å². The molecule has 2 atom stereocenters. The summed E-state index contributed by atoms with van der Waals surface area (Å²) in [5, 5.41) is 13.5. The molecule has 1 aromatic rings. The van der Waals surface area contributed by atoms with E-state index in [1.165, 1.54) is 6.07 Å². The summed E-state index contributed by atoms with van der Waals surface area (Å²) in [6, 6.07) is 4.64. The van der Waals surface area contributed by atoms with Crippen LogP contribution >= 0.6 is 12.4 Å². The number of aliphatic hydroxyl groups is 1. The van der Waals surface area contributed by atoms with Gasteiger partial charge in [0, 0.05) is 17.1 Å². The zero-order valence-corrected chi connectivity index (χ0v) is 11.4. The molecule has 1 aromatic carbocycles. The summed E-state index contributed by atoms with van der Waals surface area (Å²) in [6.45, 7) is 4.16. The third kappa shape index (κ3) is 2.94. The van der Waals surface area contributed by atoms with Gasteiger partial charge in [-0.2, -0.15) is 0 Å². The van der Waals surface area contributed by atoms with Crippen molar-refractivity contribution in [2.24, 2.45) is 0 Å². The second kappa shape index (κ2) is 5.43. The summed E-state index contributed by atoms with van der Waals surface area (Å²) in [5.41, 5.74) is 5.87. The molecule has 5 heteroatoms. The Morgan fingerprint density at radius 3 is 2.72 bits per heavy atom. The van der Waals surface area contributed by atoms with E-state index in [-0.39, 0.29) is 35.2 Å². The molecule has 2 rings (SSSR count). The van der Waals surface area contributed by atoms with E-state index in [2.05, 4.69) is 19.2 Å². The molecular formula is C13H20ClFN2O. The Morgan fingerprint density at radius 1 is 1.50 bits per heavy atom. The van der Waals surface area contributed by atoms with Gasteiger partial charge in [0.05, 0.1) is 11.8 Å². The van der Waals surface area contributed by atoms with Crippen molar-refractivity contribution < 1.29 is 9.50 Å². The van der Waals surface area contributed by atoms with Crippen LogP contribution in [0.4, 0.5) is 10.1 Å². The molecule has 0 amide bonds. The Balaban J connectivity index is 0.00000162. The maximum atomic E-state index is 13.8. The smallest absolute Gasteiger partial charge is 0.151 e. The van der Waals surface area contributed by atoms with Gasteiger partial charge >= 0.3 is 0 Å². The van der Waals surface area contributed by atoms with Crippen molar-refractivity contribution in [3.05, 3.63) is 29.6 Å². The number of nitrogens with one attached hydrogen (secondary N) is 1. The number of nitrogen functional groups attached to an aromatic ring is 1. The van der Waals surface area contributed by atoms with Gasteiger partial charge in [-0.25, -0.2) is 4.39 Å². The van der Waals surface area contributed by atoms with E-state index < -0.39 is 11.9 Å².